The van der Waals surface area contributed by atoms with Crippen LogP contribution in [0.2, 0.25) is 0 Å². The van der Waals surface area contributed by atoms with Crippen molar-refractivity contribution in [2.75, 3.05) is 18.8 Å². The van der Waals surface area contributed by atoms with E-state index in [0.29, 0.717) is 13.1 Å². The Labute approximate surface area is 111 Å². The summed E-state index contributed by atoms with van der Waals surface area (Å²) in [6.07, 6.45) is 0.783. The van der Waals surface area contributed by atoms with Gasteiger partial charge in [-0.05, 0) is 29.2 Å². The highest BCUT2D eigenvalue weighted by atomic mass is 16.6. The van der Waals surface area contributed by atoms with Crippen LogP contribution in [0.25, 0.3) is 0 Å². The van der Waals surface area contributed by atoms with Crippen molar-refractivity contribution >= 4 is 11.7 Å². The lowest BCUT2D eigenvalue weighted by atomic mass is 10.1. The molecule has 1 heterocycles. The monoisotopic (exact) mass is 260 g/mol. The van der Waals surface area contributed by atoms with Gasteiger partial charge in [0.25, 0.3) is 5.91 Å². The molecular weight excluding hydrogens is 244 g/mol. The molecule has 0 bridgehead atoms. The summed E-state index contributed by atoms with van der Waals surface area (Å²) in [5.74, 6) is -0.222. The number of nitrogens with two attached hydrogens (primary N) is 1. The Morgan fingerprint density at radius 1 is 1.32 bits per heavy atom. The maximum Gasteiger partial charge on any atom is 0.280 e. The summed E-state index contributed by atoms with van der Waals surface area (Å²) in [6.45, 7) is 3.09. The molecule has 0 saturated heterocycles. The summed E-state index contributed by atoms with van der Waals surface area (Å²) in [4.78, 5) is 13.8. The number of likely N-dealkylation sites (N-methyl/N-ethyl adjacent to an activating group) is 1. The van der Waals surface area contributed by atoms with E-state index >= 15 is 0 Å². The molecule has 0 aliphatic carbocycles. The lowest BCUT2D eigenvalue weighted by Gasteiger charge is -2.19. The van der Waals surface area contributed by atoms with E-state index in [9.17, 15) is 4.79 Å². The van der Waals surface area contributed by atoms with Crippen molar-refractivity contribution in [1.29, 1.82) is 0 Å². The van der Waals surface area contributed by atoms with Gasteiger partial charge < -0.3 is 10.6 Å². The van der Waals surface area contributed by atoms with Gasteiger partial charge >= 0.3 is 0 Å². The van der Waals surface area contributed by atoms with E-state index in [1.165, 1.54) is 5.56 Å². The van der Waals surface area contributed by atoms with Gasteiger partial charge in [0, 0.05) is 13.1 Å². The van der Waals surface area contributed by atoms with Gasteiger partial charge in [-0.3, -0.25) is 4.79 Å². The molecule has 0 saturated carbocycles. The van der Waals surface area contributed by atoms with Gasteiger partial charge in [-0.1, -0.05) is 30.3 Å². The molecule has 0 aliphatic rings. The van der Waals surface area contributed by atoms with E-state index in [-0.39, 0.29) is 17.4 Å². The van der Waals surface area contributed by atoms with E-state index in [0.717, 1.165) is 6.42 Å². The molecule has 2 rings (SSSR count). The predicted molar refractivity (Wildman–Crippen MR) is 70.4 cm³/mol. The normalized spacial score (nSPS) is 10.4. The lowest BCUT2D eigenvalue weighted by molar-refractivity contribution is 0.0756. The van der Waals surface area contributed by atoms with Crippen LogP contribution in [-0.4, -0.2) is 34.2 Å². The number of anilines is 1. The minimum Gasteiger partial charge on any atom is -0.379 e. The van der Waals surface area contributed by atoms with E-state index in [4.69, 9.17) is 5.73 Å². The van der Waals surface area contributed by atoms with Crippen LogP contribution in [-0.2, 0) is 6.42 Å². The summed E-state index contributed by atoms with van der Waals surface area (Å²) in [6, 6.07) is 9.99. The third-order valence-electron chi connectivity index (χ3n) is 2.90. The number of carbonyl (C=O) groups excluding carboxylic acids is 1. The van der Waals surface area contributed by atoms with Gasteiger partial charge in [0.15, 0.2) is 0 Å². The van der Waals surface area contributed by atoms with Crippen LogP contribution in [0.3, 0.4) is 0 Å². The van der Waals surface area contributed by atoms with Crippen LogP contribution in [0.5, 0.6) is 0 Å². The zero-order valence-electron chi connectivity index (χ0n) is 10.7. The van der Waals surface area contributed by atoms with Crippen LogP contribution in [0, 0.1) is 0 Å². The first kappa shape index (κ1) is 13.1. The molecule has 2 N–H and O–H groups in total. The first-order valence-corrected chi connectivity index (χ1v) is 6.13. The number of carbonyl (C=O) groups is 1. The maximum atomic E-state index is 12.2. The average Bonchev–Trinajstić information content (AvgIpc) is 2.86. The Kier molecular flexibility index (Phi) is 4.12. The summed E-state index contributed by atoms with van der Waals surface area (Å²) in [5.41, 5.74) is 6.79. The number of hydrogen-bond donors (Lipinski definition) is 1. The number of nitrogen functional groups attached to an aromatic ring is 1. The van der Waals surface area contributed by atoms with Crippen LogP contribution in [0.4, 0.5) is 5.82 Å². The van der Waals surface area contributed by atoms with Gasteiger partial charge in [0.05, 0.1) is 0 Å². The molecule has 0 fully saturated rings. The zero-order valence-corrected chi connectivity index (χ0v) is 10.7. The number of hydrogen-bond acceptors (Lipinski definition) is 5. The van der Waals surface area contributed by atoms with Crippen LogP contribution in [0.15, 0.2) is 35.0 Å². The van der Waals surface area contributed by atoms with Gasteiger partial charge in [-0.2, -0.15) is 0 Å². The standard InChI is InChI=1S/C13H16N4O2/c1-2-17(9-8-10-6-4-3-5-7-10)13(18)11-12(14)16-19-15-11/h3-7H,2,8-9H2,1H3,(H2,14,16). The Morgan fingerprint density at radius 2 is 2.05 bits per heavy atom. The van der Waals surface area contributed by atoms with Crippen molar-refractivity contribution in [3.63, 3.8) is 0 Å². The minimum atomic E-state index is -0.253. The van der Waals surface area contributed by atoms with Crippen molar-refractivity contribution in [3.8, 4) is 0 Å². The second-order valence-corrected chi connectivity index (χ2v) is 4.12. The first-order chi connectivity index (χ1) is 9.22. The third kappa shape index (κ3) is 3.09. The number of amides is 1. The van der Waals surface area contributed by atoms with Gasteiger partial charge in [-0.25, -0.2) is 4.63 Å². The predicted octanol–water partition coefficient (Wildman–Crippen LogP) is 1.36. The summed E-state index contributed by atoms with van der Waals surface area (Å²) < 4.78 is 4.45. The van der Waals surface area contributed by atoms with Crippen LogP contribution in [0.1, 0.15) is 23.0 Å². The first-order valence-electron chi connectivity index (χ1n) is 6.13. The molecule has 1 amide bonds. The molecule has 2 aromatic rings. The fourth-order valence-electron chi connectivity index (χ4n) is 1.81. The topological polar surface area (TPSA) is 85.2 Å². The second kappa shape index (κ2) is 5.99. The Balaban J connectivity index is 2.01. The molecule has 0 spiro atoms. The highest BCUT2D eigenvalue weighted by molar-refractivity contribution is 5.96. The second-order valence-electron chi connectivity index (χ2n) is 4.12. The molecular formula is C13H16N4O2. The molecule has 0 atom stereocenters. The third-order valence-corrected chi connectivity index (χ3v) is 2.90. The summed E-state index contributed by atoms with van der Waals surface area (Å²) >= 11 is 0. The molecule has 0 radical (unpaired) electrons. The zero-order chi connectivity index (χ0) is 13.7. The van der Waals surface area contributed by atoms with Crippen LogP contribution >= 0.6 is 0 Å². The Hall–Kier alpha value is -2.37. The van der Waals surface area contributed by atoms with E-state index in [1.807, 2.05) is 37.3 Å². The Morgan fingerprint density at radius 3 is 2.63 bits per heavy atom. The summed E-state index contributed by atoms with van der Waals surface area (Å²) in [5, 5.41) is 6.95. The molecule has 0 aliphatic heterocycles. The quantitative estimate of drug-likeness (QED) is 0.877. The van der Waals surface area contributed by atoms with Crippen molar-refractivity contribution in [2.24, 2.45) is 0 Å². The van der Waals surface area contributed by atoms with Gasteiger partial charge in [0.1, 0.15) is 0 Å². The van der Waals surface area contributed by atoms with Crippen molar-refractivity contribution in [3.05, 3.63) is 41.6 Å². The number of aromatic nitrogens is 2. The smallest absolute Gasteiger partial charge is 0.280 e. The fraction of sp³-hybridized carbons (Fsp3) is 0.308. The Bertz CT molecular complexity index is 539. The van der Waals surface area contributed by atoms with Crippen molar-refractivity contribution in [2.45, 2.75) is 13.3 Å². The average molecular weight is 260 g/mol. The molecule has 6 heteroatoms. The maximum absolute atomic E-state index is 12.2. The number of benzene rings is 1. The minimum absolute atomic E-state index is 0.0307. The van der Waals surface area contributed by atoms with Crippen LogP contribution < -0.4 is 5.73 Å². The molecule has 1 aromatic heterocycles. The molecule has 19 heavy (non-hydrogen) atoms. The number of nitrogens with zero attached hydrogens (tertiary/aromatic N) is 3. The SMILES string of the molecule is CCN(CCc1ccccc1)C(=O)c1nonc1N. The molecule has 0 unspecified atom stereocenters. The lowest BCUT2D eigenvalue weighted by Crippen LogP contribution is -2.33. The van der Waals surface area contributed by atoms with E-state index in [2.05, 4.69) is 14.9 Å². The largest absolute Gasteiger partial charge is 0.379 e. The molecule has 6 nitrogen and oxygen atoms in total. The fourth-order valence-corrected chi connectivity index (χ4v) is 1.81. The van der Waals surface area contributed by atoms with Gasteiger partial charge in [-0.15, -0.1) is 0 Å². The van der Waals surface area contributed by atoms with Gasteiger partial charge in [0.2, 0.25) is 11.5 Å². The van der Waals surface area contributed by atoms with E-state index < -0.39 is 0 Å². The number of rotatable bonds is 5. The van der Waals surface area contributed by atoms with Crippen molar-refractivity contribution < 1.29 is 9.42 Å². The highest BCUT2D eigenvalue weighted by Gasteiger charge is 2.21. The molecule has 100 valence electrons. The van der Waals surface area contributed by atoms with E-state index in [1.54, 1.807) is 4.90 Å². The summed E-state index contributed by atoms with van der Waals surface area (Å²) in [7, 11) is 0. The van der Waals surface area contributed by atoms with Crippen molar-refractivity contribution in [1.82, 2.24) is 15.2 Å². The highest BCUT2D eigenvalue weighted by Crippen LogP contribution is 2.09. The molecule has 1 aromatic carbocycles.